The Morgan fingerprint density at radius 3 is 2.43 bits per heavy atom. The average molecular weight is 397 g/mol. The summed E-state index contributed by atoms with van der Waals surface area (Å²) in [5.74, 6) is -0.349. The quantitative estimate of drug-likeness (QED) is 0.693. The van der Waals surface area contributed by atoms with Crippen LogP contribution in [0.15, 0.2) is 60.7 Å². The van der Waals surface area contributed by atoms with Gasteiger partial charge in [-0.3, -0.25) is 9.10 Å². The SMILES string of the molecule is Cc1ccc(N(CC(=O)NCc2cccc3ccccc23)S(C)(=O)=O)c(C)c1. The number of carbonyl (C=O) groups is 1. The molecule has 0 heterocycles. The summed E-state index contributed by atoms with van der Waals surface area (Å²) in [6.45, 7) is 3.87. The van der Waals surface area contributed by atoms with Crippen LogP contribution in [0.25, 0.3) is 10.8 Å². The van der Waals surface area contributed by atoms with Crippen LogP contribution in [0, 0.1) is 13.8 Å². The van der Waals surface area contributed by atoms with E-state index in [2.05, 4.69) is 5.32 Å². The van der Waals surface area contributed by atoms with Gasteiger partial charge in [-0.2, -0.15) is 0 Å². The molecular weight excluding hydrogens is 372 g/mol. The van der Waals surface area contributed by atoms with E-state index in [1.807, 2.05) is 68.4 Å². The highest BCUT2D eigenvalue weighted by atomic mass is 32.2. The Kier molecular flexibility index (Phi) is 5.70. The molecule has 0 aromatic heterocycles. The predicted molar refractivity (Wildman–Crippen MR) is 114 cm³/mol. The van der Waals surface area contributed by atoms with Gasteiger partial charge >= 0.3 is 0 Å². The molecule has 0 aliphatic rings. The maximum atomic E-state index is 12.5. The molecule has 5 nitrogen and oxygen atoms in total. The fourth-order valence-corrected chi connectivity index (χ4v) is 4.21. The van der Waals surface area contributed by atoms with E-state index in [-0.39, 0.29) is 12.5 Å². The Morgan fingerprint density at radius 1 is 1.00 bits per heavy atom. The van der Waals surface area contributed by atoms with Gasteiger partial charge in [-0.25, -0.2) is 8.42 Å². The lowest BCUT2D eigenvalue weighted by Crippen LogP contribution is -2.40. The molecule has 146 valence electrons. The number of benzene rings is 3. The Balaban J connectivity index is 1.77. The smallest absolute Gasteiger partial charge is 0.241 e. The normalized spacial score (nSPS) is 11.4. The third-order valence-corrected chi connectivity index (χ3v) is 5.79. The monoisotopic (exact) mass is 396 g/mol. The summed E-state index contributed by atoms with van der Waals surface area (Å²) in [5, 5.41) is 5.02. The number of aryl methyl sites for hydroxylation is 2. The van der Waals surface area contributed by atoms with E-state index in [1.165, 1.54) is 0 Å². The molecule has 28 heavy (non-hydrogen) atoms. The van der Waals surface area contributed by atoms with Crippen LogP contribution >= 0.6 is 0 Å². The third kappa shape index (κ3) is 4.51. The second-order valence-electron chi connectivity index (χ2n) is 6.97. The van der Waals surface area contributed by atoms with Crippen molar-refractivity contribution >= 4 is 32.4 Å². The fourth-order valence-electron chi connectivity index (χ4n) is 3.29. The van der Waals surface area contributed by atoms with Crippen LogP contribution in [-0.4, -0.2) is 27.1 Å². The minimum Gasteiger partial charge on any atom is -0.350 e. The van der Waals surface area contributed by atoms with Crippen molar-refractivity contribution in [2.24, 2.45) is 0 Å². The lowest BCUT2D eigenvalue weighted by atomic mass is 10.0. The number of rotatable bonds is 6. The van der Waals surface area contributed by atoms with E-state index in [4.69, 9.17) is 0 Å². The minimum absolute atomic E-state index is 0.256. The van der Waals surface area contributed by atoms with Crippen LogP contribution in [0.1, 0.15) is 16.7 Å². The zero-order chi connectivity index (χ0) is 20.3. The maximum Gasteiger partial charge on any atom is 0.241 e. The van der Waals surface area contributed by atoms with Crippen LogP contribution in [0.3, 0.4) is 0 Å². The fraction of sp³-hybridized carbons (Fsp3) is 0.227. The molecule has 3 aromatic rings. The molecule has 0 aliphatic heterocycles. The molecule has 0 spiro atoms. The van der Waals surface area contributed by atoms with Crippen LogP contribution in [0.5, 0.6) is 0 Å². The van der Waals surface area contributed by atoms with Crippen molar-refractivity contribution < 1.29 is 13.2 Å². The molecular formula is C22H24N2O3S. The predicted octanol–water partition coefficient (Wildman–Crippen LogP) is 3.54. The molecule has 0 fully saturated rings. The number of hydrogen-bond acceptors (Lipinski definition) is 3. The van der Waals surface area contributed by atoms with Crippen LogP contribution < -0.4 is 9.62 Å². The first-order valence-electron chi connectivity index (χ1n) is 9.04. The zero-order valence-electron chi connectivity index (χ0n) is 16.3. The summed E-state index contributed by atoms with van der Waals surface area (Å²) in [7, 11) is -3.59. The van der Waals surface area contributed by atoms with Crippen LogP contribution in [0.2, 0.25) is 0 Å². The van der Waals surface area contributed by atoms with Gasteiger partial charge in [0.05, 0.1) is 11.9 Å². The lowest BCUT2D eigenvalue weighted by molar-refractivity contribution is -0.119. The van der Waals surface area contributed by atoms with Gasteiger partial charge in [-0.1, -0.05) is 60.2 Å². The van der Waals surface area contributed by atoms with Gasteiger partial charge in [-0.15, -0.1) is 0 Å². The summed E-state index contributed by atoms with van der Waals surface area (Å²) in [6, 6.07) is 19.4. The van der Waals surface area contributed by atoms with Gasteiger partial charge in [0.1, 0.15) is 6.54 Å². The first kappa shape index (κ1) is 19.9. The number of amides is 1. The van der Waals surface area contributed by atoms with E-state index in [9.17, 15) is 13.2 Å². The molecule has 0 atom stereocenters. The molecule has 0 bridgehead atoms. The van der Waals surface area contributed by atoms with Crippen molar-refractivity contribution in [2.45, 2.75) is 20.4 Å². The van der Waals surface area contributed by atoms with Crippen molar-refractivity contribution in [3.05, 3.63) is 77.4 Å². The van der Waals surface area contributed by atoms with Gasteiger partial charge in [0.25, 0.3) is 0 Å². The molecule has 3 rings (SSSR count). The zero-order valence-corrected chi connectivity index (χ0v) is 17.1. The van der Waals surface area contributed by atoms with E-state index in [0.29, 0.717) is 12.2 Å². The van der Waals surface area contributed by atoms with E-state index in [0.717, 1.165) is 38.0 Å². The Morgan fingerprint density at radius 2 is 1.71 bits per heavy atom. The number of carbonyl (C=O) groups excluding carboxylic acids is 1. The Labute approximate surface area is 166 Å². The first-order chi connectivity index (χ1) is 13.3. The van der Waals surface area contributed by atoms with Crippen molar-refractivity contribution in [1.82, 2.24) is 5.32 Å². The third-order valence-electron chi connectivity index (χ3n) is 4.66. The molecule has 1 N–H and O–H groups in total. The highest BCUT2D eigenvalue weighted by Crippen LogP contribution is 2.23. The summed E-state index contributed by atoms with van der Waals surface area (Å²) in [6.07, 6.45) is 1.12. The van der Waals surface area contributed by atoms with Gasteiger partial charge in [0.2, 0.25) is 15.9 Å². The highest BCUT2D eigenvalue weighted by molar-refractivity contribution is 7.92. The Bertz CT molecular complexity index is 1120. The van der Waals surface area contributed by atoms with Crippen LogP contribution in [0.4, 0.5) is 5.69 Å². The molecule has 0 radical (unpaired) electrons. The number of sulfonamides is 1. The molecule has 1 amide bonds. The number of anilines is 1. The van der Waals surface area contributed by atoms with E-state index in [1.54, 1.807) is 6.07 Å². The largest absolute Gasteiger partial charge is 0.350 e. The number of hydrogen-bond donors (Lipinski definition) is 1. The lowest BCUT2D eigenvalue weighted by Gasteiger charge is -2.24. The summed E-state index contributed by atoms with van der Waals surface area (Å²) in [5.41, 5.74) is 3.36. The molecule has 0 saturated heterocycles. The van der Waals surface area contributed by atoms with Crippen molar-refractivity contribution in [1.29, 1.82) is 0 Å². The number of fused-ring (bicyclic) bond motifs is 1. The first-order valence-corrected chi connectivity index (χ1v) is 10.9. The van der Waals surface area contributed by atoms with Gasteiger partial charge < -0.3 is 5.32 Å². The highest BCUT2D eigenvalue weighted by Gasteiger charge is 2.22. The van der Waals surface area contributed by atoms with Crippen molar-refractivity contribution in [3.63, 3.8) is 0 Å². The second-order valence-corrected chi connectivity index (χ2v) is 8.88. The van der Waals surface area contributed by atoms with Crippen LogP contribution in [-0.2, 0) is 21.4 Å². The Hall–Kier alpha value is -2.86. The van der Waals surface area contributed by atoms with Crippen molar-refractivity contribution in [2.75, 3.05) is 17.1 Å². The molecule has 0 saturated carbocycles. The molecule has 0 unspecified atom stereocenters. The van der Waals surface area contributed by atoms with Gasteiger partial charge in [0, 0.05) is 6.54 Å². The van der Waals surface area contributed by atoms with E-state index >= 15 is 0 Å². The molecule has 6 heteroatoms. The van der Waals surface area contributed by atoms with Crippen molar-refractivity contribution in [3.8, 4) is 0 Å². The number of nitrogens with zero attached hydrogens (tertiary/aromatic N) is 1. The average Bonchev–Trinajstić information content (AvgIpc) is 2.64. The van der Waals surface area contributed by atoms with E-state index < -0.39 is 10.0 Å². The summed E-state index contributed by atoms with van der Waals surface area (Å²) in [4.78, 5) is 12.5. The number of nitrogens with one attached hydrogen (secondary N) is 1. The maximum absolute atomic E-state index is 12.5. The van der Waals surface area contributed by atoms with Gasteiger partial charge in [0.15, 0.2) is 0 Å². The second kappa shape index (κ2) is 8.02. The van der Waals surface area contributed by atoms with Gasteiger partial charge in [-0.05, 0) is 41.8 Å². The summed E-state index contributed by atoms with van der Waals surface area (Å²) >= 11 is 0. The molecule has 3 aromatic carbocycles. The topological polar surface area (TPSA) is 66.5 Å². The molecule has 0 aliphatic carbocycles. The standard InChI is InChI=1S/C22H24N2O3S/c1-16-11-12-21(17(2)13-16)24(28(3,26)27)15-22(25)23-14-19-9-6-8-18-7-4-5-10-20(18)19/h4-13H,14-15H2,1-3H3,(H,23,25). The minimum atomic E-state index is -3.59. The summed E-state index contributed by atoms with van der Waals surface area (Å²) < 4.78 is 25.8.